The standard InChI is InChI=1S/C28H28N2O5/c1-18-12-26(31)24(28(32)33)17-29-9-8-19-14-27(35-11-5-10-34-2)23(15-22(18)19)21-13-20-6-3-4-7-25(20)30-16-21/h3-4,6-7,12-17,29H,5,8-11H2,1-2H3,(H,32,33)/b18-12+,24-17+. The minimum Gasteiger partial charge on any atom is -0.493 e. The molecule has 0 atom stereocenters. The molecule has 7 heteroatoms. The van der Waals surface area contributed by atoms with Gasteiger partial charge in [0.1, 0.15) is 11.3 Å². The third-order valence-electron chi connectivity index (χ3n) is 5.91. The Hall–Kier alpha value is -3.97. The number of carboxylic acid groups (broad SMARTS) is 1. The van der Waals surface area contributed by atoms with E-state index in [1.165, 1.54) is 12.3 Å². The summed E-state index contributed by atoms with van der Waals surface area (Å²) in [6, 6.07) is 14.0. The maximum Gasteiger partial charge on any atom is 0.341 e. The lowest BCUT2D eigenvalue weighted by Gasteiger charge is -2.19. The van der Waals surface area contributed by atoms with Crippen LogP contribution in [0.4, 0.5) is 0 Å². The summed E-state index contributed by atoms with van der Waals surface area (Å²) in [4.78, 5) is 28.8. The minimum atomic E-state index is -1.25. The molecule has 3 aromatic rings. The van der Waals surface area contributed by atoms with Gasteiger partial charge in [0.25, 0.3) is 0 Å². The van der Waals surface area contributed by atoms with Gasteiger partial charge in [0, 0.05) is 55.6 Å². The molecular formula is C28H28N2O5. The summed E-state index contributed by atoms with van der Waals surface area (Å²) in [5.74, 6) is -1.07. The lowest BCUT2D eigenvalue weighted by molar-refractivity contribution is -0.134. The molecule has 0 saturated carbocycles. The largest absolute Gasteiger partial charge is 0.493 e. The summed E-state index contributed by atoms with van der Waals surface area (Å²) in [5.41, 5.74) is 4.94. The van der Waals surface area contributed by atoms with Crippen LogP contribution in [0.3, 0.4) is 0 Å². The van der Waals surface area contributed by atoms with E-state index in [-0.39, 0.29) is 5.57 Å². The normalized spacial score (nSPS) is 16.9. The Bertz CT molecular complexity index is 1330. The first-order valence-electron chi connectivity index (χ1n) is 11.5. The summed E-state index contributed by atoms with van der Waals surface area (Å²) in [5, 5.41) is 13.4. The number of para-hydroxylation sites is 1. The van der Waals surface area contributed by atoms with Crippen molar-refractivity contribution >= 4 is 28.2 Å². The van der Waals surface area contributed by atoms with E-state index in [1.807, 2.05) is 49.5 Å². The number of pyridine rings is 1. The van der Waals surface area contributed by atoms with Crippen molar-refractivity contribution in [3.05, 3.63) is 77.6 Å². The van der Waals surface area contributed by atoms with Gasteiger partial charge in [-0.3, -0.25) is 9.78 Å². The molecule has 0 fully saturated rings. The molecule has 2 N–H and O–H groups in total. The monoisotopic (exact) mass is 472 g/mol. The zero-order chi connectivity index (χ0) is 24.8. The molecule has 0 radical (unpaired) electrons. The lowest BCUT2D eigenvalue weighted by Crippen LogP contribution is -2.19. The van der Waals surface area contributed by atoms with Crippen molar-refractivity contribution in [2.45, 2.75) is 19.8 Å². The number of hydrogen-bond acceptors (Lipinski definition) is 6. The number of allylic oxidation sites excluding steroid dienone is 2. The number of methoxy groups -OCH3 is 1. The van der Waals surface area contributed by atoms with Crippen LogP contribution in [0.2, 0.25) is 0 Å². The summed E-state index contributed by atoms with van der Waals surface area (Å²) in [6.07, 6.45) is 5.86. The van der Waals surface area contributed by atoms with Crippen LogP contribution in [0.5, 0.6) is 5.75 Å². The molecule has 1 aliphatic rings. The highest BCUT2D eigenvalue weighted by Gasteiger charge is 2.20. The number of carboxylic acids is 1. The van der Waals surface area contributed by atoms with E-state index < -0.39 is 11.8 Å². The number of ketones is 1. The van der Waals surface area contributed by atoms with Gasteiger partial charge in [0.15, 0.2) is 5.78 Å². The molecule has 1 aromatic heterocycles. The first-order valence-corrected chi connectivity index (χ1v) is 11.5. The zero-order valence-electron chi connectivity index (χ0n) is 19.8. The number of fused-ring (bicyclic) bond motifs is 2. The summed E-state index contributed by atoms with van der Waals surface area (Å²) in [7, 11) is 1.66. The fourth-order valence-corrected chi connectivity index (χ4v) is 4.12. The Kier molecular flexibility index (Phi) is 7.57. The van der Waals surface area contributed by atoms with E-state index in [0.717, 1.165) is 45.3 Å². The Morgan fingerprint density at radius 3 is 2.77 bits per heavy atom. The highest BCUT2D eigenvalue weighted by molar-refractivity contribution is 6.22. The van der Waals surface area contributed by atoms with Crippen molar-refractivity contribution in [3.8, 4) is 16.9 Å². The van der Waals surface area contributed by atoms with Crippen molar-refractivity contribution in [2.75, 3.05) is 26.9 Å². The van der Waals surface area contributed by atoms with Gasteiger partial charge >= 0.3 is 5.97 Å². The van der Waals surface area contributed by atoms with Crippen molar-refractivity contribution in [3.63, 3.8) is 0 Å². The van der Waals surface area contributed by atoms with Crippen LogP contribution in [0, 0.1) is 0 Å². The molecular weight excluding hydrogens is 444 g/mol. The third-order valence-corrected chi connectivity index (χ3v) is 5.91. The number of nitrogens with one attached hydrogen (secondary N) is 1. The van der Waals surface area contributed by atoms with Crippen molar-refractivity contribution in [1.29, 1.82) is 0 Å². The van der Waals surface area contributed by atoms with Crippen molar-refractivity contribution < 1.29 is 24.2 Å². The van der Waals surface area contributed by atoms with Gasteiger partial charge in [0.2, 0.25) is 0 Å². The highest BCUT2D eigenvalue weighted by Crippen LogP contribution is 2.37. The predicted molar refractivity (Wildman–Crippen MR) is 135 cm³/mol. The number of rotatable bonds is 7. The number of aliphatic carboxylic acids is 1. The van der Waals surface area contributed by atoms with Crippen LogP contribution in [0.25, 0.3) is 27.6 Å². The highest BCUT2D eigenvalue weighted by atomic mass is 16.5. The topological polar surface area (TPSA) is 97.8 Å². The molecule has 2 heterocycles. The molecule has 0 amide bonds. The predicted octanol–water partition coefficient (Wildman–Crippen LogP) is 4.40. The van der Waals surface area contributed by atoms with E-state index in [1.54, 1.807) is 7.11 Å². The second-order valence-electron chi connectivity index (χ2n) is 8.38. The van der Waals surface area contributed by atoms with Gasteiger partial charge in [-0.25, -0.2) is 4.79 Å². The van der Waals surface area contributed by atoms with Crippen LogP contribution in [-0.2, 0) is 20.7 Å². The minimum absolute atomic E-state index is 0.287. The Balaban J connectivity index is 1.83. The lowest BCUT2D eigenvalue weighted by atomic mass is 9.91. The van der Waals surface area contributed by atoms with E-state index in [0.29, 0.717) is 31.8 Å². The van der Waals surface area contributed by atoms with Crippen LogP contribution in [-0.4, -0.2) is 48.7 Å². The molecule has 4 rings (SSSR count). The van der Waals surface area contributed by atoms with Gasteiger partial charge in [-0.1, -0.05) is 18.2 Å². The molecule has 2 aromatic carbocycles. The van der Waals surface area contributed by atoms with E-state index in [9.17, 15) is 14.7 Å². The summed E-state index contributed by atoms with van der Waals surface area (Å²) in [6.45, 7) is 3.40. The average Bonchev–Trinajstić information content (AvgIpc) is 2.85. The van der Waals surface area contributed by atoms with Gasteiger partial charge < -0.3 is 19.9 Å². The van der Waals surface area contributed by atoms with Gasteiger partial charge in [-0.2, -0.15) is 0 Å². The maximum absolute atomic E-state index is 12.7. The van der Waals surface area contributed by atoms with Gasteiger partial charge in [-0.15, -0.1) is 0 Å². The number of benzene rings is 2. The number of hydrogen-bond donors (Lipinski definition) is 2. The fourth-order valence-electron chi connectivity index (χ4n) is 4.12. The molecule has 0 unspecified atom stereocenters. The maximum atomic E-state index is 12.7. The zero-order valence-corrected chi connectivity index (χ0v) is 19.8. The Morgan fingerprint density at radius 2 is 1.97 bits per heavy atom. The third kappa shape index (κ3) is 5.58. The molecule has 0 bridgehead atoms. The second kappa shape index (κ2) is 11.0. The van der Waals surface area contributed by atoms with Gasteiger partial charge in [-0.05, 0) is 60.4 Å². The van der Waals surface area contributed by atoms with E-state index in [4.69, 9.17) is 9.47 Å². The fraction of sp³-hybridized carbons (Fsp3) is 0.250. The van der Waals surface area contributed by atoms with Crippen LogP contribution < -0.4 is 10.1 Å². The summed E-state index contributed by atoms with van der Waals surface area (Å²) < 4.78 is 11.4. The van der Waals surface area contributed by atoms with Crippen LogP contribution in [0.1, 0.15) is 24.5 Å². The smallest absolute Gasteiger partial charge is 0.341 e. The molecule has 0 saturated heterocycles. The van der Waals surface area contributed by atoms with Crippen molar-refractivity contribution in [1.82, 2.24) is 10.3 Å². The van der Waals surface area contributed by atoms with Crippen LogP contribution in [0.15, 0.2) is 66.5 Å². The Morgan fingerprint density at radius 1 is 1.14 bits per heavy atom. The molecule has 180 valence electrons. The molecule has 35 heavy (non-hydrogen) atoms. The molecule has 7 nitrogen and oxygen atoms in total. The van der Waals surface area contributed by atoms with Gasteiger partial charge in [0.05, 0.1) is 12.1 Å². The van der Waals surface area contributed by atoms with E-state index in [2.05, 4.69) is 16.4 Å². The quantitative estimate of drug-likeness (QED) is 0.388. The number of nitrogens with zero attached hydrogens (tertiary/aromatic N) is 1. The number of carbonyl (C=O) groups excluding carboxylic acids is 1. The second-order valence-corrected chi connectivity index (χ2v) is 8.38. The summed E-state index contributed by atoms with van der Waals surface area (Å²) >= 11 is 0. The van der Waals surface area contributed by atoms with E-state index >= 15 is 0 Å². The number of carbonyl (C=O) groups is 2. The molecule has 0 spiro atoms. The number of aromatic nitrogens is 1. The first-order chi connectivity index (χ1) is 17.0. The Labute approximate surface area is 204 Å². The van der Waals surface area contributed by atoms with Crippen molar-refractivity contribution in [2.24, 2.45) is 0 Å². The molecule has 0 aliphatic carbocycles. The van der Waals surface area contributed by atoms with Crippen LogP contribution >= 0.6 is 0 Å². The molecule has 1 aliphatic heterocycles. The first kappa shape index (κ1) is 24.2. The average molecular weight is 473 g/mol. The number of ether oxygens (including phenoxy) is 2. The SMILES string of the molecule is COCCCOc1cc2c(cc1-c1cnc3ccccc3c1)/C(C)=C/C(=O)/C(C(=O)O)=C\NCC2.